The molecule has 2 fully saturated rings. The van der Waals surface area contributed by atoms with Crippen molar-refractivity contribution in [1.82, 2.24) is 15.0 Å². The van der Waals surface area contributed by atoms with Crippen molar-refractivity contribution in [2.45, 2.75) is 37.0 Å². The summed E-state index contributed by atoms with van der Waals surface area (Å²) in [5.74, 6) is -0.349. The van der Waals surface area contributed by atoms with Crippen molar-refractivity contribution >= 4 is 35.9 Å². The summed E-state index contributed by atoms with van der Waals surface area (Å²) < 4.78 is 27.5. The predicted molar refractivity (Wildman–Crippen MR) is 126 cm³/mol. The Morgan fingerprint density at radius 3 is 1.73 bits per heavy atom. The summed E-state index contributed by atoms with van der Waals surface area (Å²) in [5.41, 5.74) is 29.8. The number of hydrogen-bond acceptors (Lipinski definition) is 11. The molecule has 2 aromatic rings. The second-order valence-electron chi connectivity index (χ2n) is 8.45. The van der Waals surface area contributed by atoms with E-state index < -0.39 is 11.6 Å². The molecule has 10 N–H and O–H groups in total. The van der Waals surface area contributed by atoms with Crippen molar-refractivity contribution in [3.8, 4) is 0 Å². The number of hydrazine groups is 1. The molecular weight excluding hydrogens is 456 g/mol. The number of benzene rings is 1. The van der Waals surface area contributed by atoms with Gasteiger partial charge in [0.15, 0.2) is 0 Å². The van der Waals surface area contributed by atoms with Gasteiger partial charge in [-0.25, -0.2) is 8.78 Å². The Morgan fingerprint density at radius 1 is 0.758 bits per heavy atom. The molecule has 4 rings (SSSR count). The molecule has 182 valence electrons. The largest absolute Gasteiger partial charge is 0.338 e. The van der Waals surface area contributed by atoms with Crippen LogP contribution >= 0.6 is 12.4 Å². The standard InChI is InChI=1S/C19H29F2N11.ClH/c20-10-1-2-15(21)16(3-10)29-30-17-26-18(31-6-11(22)4-12(23)7-31)28-19(27-17)32-8-13(24)5-14(25)9-32;/h1-3,11-14,29H,4-9,22-25H2,(H,26,27,28,30);1H/t11-,12+,13-,14+;. The third-order valence-corrected chi connectivity index (χ3v) is 5.45. The van der Waals surface area contributed by atoms with E-state index >= 15 is 0 Å². The summed E-state index contributed by atoms with van der Waals surface area (Å²) in [7, 11) is 0. The molecule has 3 heterocycles. The van der Waals surface area contributed by atoms with Crippen molar-refractivity contribution < 1.29 is 8.78 Å². The number of piperidine rings is 2. The molecule has 14 heteroatoms. The monoisotopic (exact) mass is 485 g/mol. The highest BCUT2D eigenvalue weighted by Gasteiger charge is 2.28. The zero-order valence-corrected chi connectivity index (χ0v) is 18.8. The summed E-state index contributed by atoms with van der Waals surface area (Å²) >= 11 is 0. The molecule has 0 radical (unpaired) electrons. The quantitative estimate of drug-likeness (QED) is 0.308. The van der Waals surface area contributed by atoms with Crippen molar-refractivity contribution in [1.29, 1.82) is 0 Å². The molecule has 2 aliphatic rings. The number of anilines is 4. The maximum absolute atomic E-state index is 14.0. The van der Waals surface area contributed by atoms with Gasteiger partial charge in [-0.3, -0.25) is 10.9 Å². The highest BCUT2D eigenvalue weighted by atomic mass is 35.5. The number of aromatic nitrogens is 3. The molecule has 2 saturated heterocycles. The van der Waals surface area contributed by atoms with Crippen molar-refractivity contribution in [2.75, 3.05) is 46.8 Å². The molecule has 0 unspecified atom stereocenters. The average Bonchev–Trinajstić information content (AvgIpc) is 2.73. The average molecular weight is 486 g/mol. The van der Waals surface area contributed by atoms with Crippen molar-refractivity contribution in [2.24, 2.45) is 22.9 Å². The third kappa shape index (κ3) is 6.26. The maximum Gasteiger partial charge on any atom is 0.248 e. The molecule has 33 heavy (non-hydrogen) atoms. The number of rotatable bonds is 5. The topological polar surface area (TPSA) is 173 Å². The van der Waals surface area contributed by atoms with E-state index in [0.29, 0.717) is 50.9 Å². The zero-order valence-electron chi connectivity index (χ0n) is 18.0. The van der Waals surface area contributed by atoms with Gasteiger partial charge in [-0.2, -0.15) is 15.0 Å². The fourth-order valence-electron chi connectivity index (χ4n) is 4.09. The Labute approximate surface area is 196 Å². The Morgan fingerprint density at radius 2 is 1.24 bits per heavy atom. The van der Waals surface area contributed by atoms with Crippen molar-refractivity contribution in [3.05, 3.63) is 29.8 Å². The second-order valence-corrected chi connectivity index (χ2v) is 8.45. The minimum Gasteiger partial charge on any atom is -0.338 e. The van der Waals surface area contributed by atoms with Gasteiger partial charge in [0.25, 0.3) is 0 Å². The molecule has 0 amide bonds. The lowest BCUT2D eigenvalue weighted by molar-refractivity contribution is 0.441. The molecule has 11 nitrogen and oxygen atoms in total. The summed E-state index contributed by atoms with van der Waals surface area (Å²) in [5, 5.41) is 0. The lowest BCUT2D eigenvalue weighted by Crippen LogP contribution is -2.54. The first kappa shape index (κ1) is 25.1. The van der Waals surface area contributed by atoms with Gasteiger partial charge in [-0.1, -0.05) is 0 Å². The molecule has 0 saturated carbocycles. The van der Waals surface area contributed by atoms with Crippen LogP contribution in [-0.4, -0.2) is 65.3 Å². The van der Waals surface area contributed by atoms with Crippen LogP contribution in [0, 0.1) is 11.6 Å². The van der Waals surface area contributed by atoms with Gasteiger partial charge in [0, 0.05) is 56.4 Å². The first-order chi connectivity index (χ1) is 15.3. The van der Waals surface area contributed by atoms with Crippen LogP contribution in [0.15, 0.2) is 18.2 Å². The fourth-order valence-corrected chi connectivity index (χ4v) is 4.09. The van der Waals surface area contributed by atoms with Gasteiger partial charge in [-0.15, -0.1) is 12.4 Å². The molecule has 0 bridgehead atoms. The first-order valence-electron chi connectivity index (χ1n) is 10.5. The minimum atomic E-state index is -0.630. The molecular formula is C19H30ClF2N11. The van der Waals surface area contributed by atoms with E-state index in [9.17, 15) is 8.78 Å². The SMILES string of the molecule is Cl.N[C@@H]1C[C@H](N)CN(c2nc(NNc3cc(F)ccc3F)nc(N3C[C@H](N)C[C@H](N)C3)n2)C1. The normalized spacial score (nSPS) is 25.4. The third-order valence-electron chi connectivity index (χ3n) is 5.45. The summed E-state index contributed by atoms with van der Waals surface area (Å²) in [6.07, 6.45) is 1.41. The van der Waals surface area contributed by atoms with Crippen LogP contribution < -0.4 is 43.6 Å². The molecule has 2 aliphatic heterocycles. The molecule has 1 aromatic carbocycles. The predicted octanol–water partition coefficient (Wildman–Crippen LogP) is -0.260. The summed E-state index contributed by atoms with van der Waals surface area (Å²) in [6.45, 7) is 2.12. The van der Waals surface area contributed by atoms with E-state index in [1.54, 1.807) is 0 Å². The Bertz CT molecular complexity index is 888. The van der Waals surface area contributed by atoms with Crippen LogP contribution in [0.2, 0.25) is 0 Å². The second kappa shape index (κ2) is 10.6. The van der Waals surface area contributed by atoms with Gasteiger partial charge < -0.3 is 32.7 Å². The van der Waals surface area contributed by atoms with Gasteiger partial charge in [0.2, 0.25) is 17.8 Å². The van der Waals surface area contributed by atoms with Gasteiger partial charge in [-0.05, 0) is 25.0 Å². The molecule has 4 atom stereocenters. The van der Waals surface area contributed by atoms with Crippen LogP contribution in [-0.2, 0) is 0 Å². The number of nitrogens with zero attached hydrogens (tertiary/aromatic N) is 5. The highest BCUT2D eigenvalue weighted by molar-refractivity contribution is 5.85. The first-order valence-corrected chi connectivity index (χ1v) is 10.5. The Balaban J connectivity index is 0.00000306. The van der Waals surface area contributed by atoms with Gasteiger partial charge in [0.05, 0.1) is 5.69 Å². The van der Waals surface area contributed by atoms with Crippen molar-refractivity contribution in [3.63, 3.8) is 0 Å². The number of nitrogens with two attached hydrogens (primary N) is 4. The lowest BCUT2D eigenvalue weighted by Gasteiger charge is -2.37. The molecule has 0 aliphatic carbocycles. The lowest BCUT2D eigenvalue weighted by atomic mass is 10.0. The zero-order chi connectivity index (χ0) is 22.8. The number of hydrogen-bond donors (Lipinski definition) is 6. The summed E-state index contributed by atoms with van der Waals surface area (Å²) in [6, 6.07) is 2.61. The van der Waals surface area contributed by atoms with Crippen LogP contribution in [0.25, 0.3) is 0 Å². The van der Waals surface area contributed by atoms with Gasteiger partial charge >= 0.3 is 0 Å². The number of nitrogens with one attached hydrogen (secondary N) is 2. The van der Waals surface area contributed by atoms with E-state index in [1.165, 1.54) is 0 Å². The smallest absolute Gasteiger partial charge is 0.248 e. The fraction of sp³-hybridized carbons (Fsp3) is 0.526. The Kier molecular flexibility index (Phi) is 8.02. The van der Waals surface area contributed by atoms with Crippen LogP contribution in [0.1, 0.15) is 12.8 Å². The van der Waals surface area contributed by atoms with E-state index in [4.69, 9.17) is 22.9 Å². The van der Waals surface area contributed by atoms with E-state index in [0.717, 1.165) is 18.2 Å². The number of halogens is 3. The van der Waals surface area contributed by atoms with E-state index in [2.05, 4.69) is 25.8 Å². The van der Waals surface area contributed by atoms with Crippen LogP contribution in [0.5, 0.6) is 0 Å². The van der Waals surface area contributed by atoms with Crippen LogP contribution in [0.4, 0.5) is 32.3 Å². The summed E-state index contributed by atoms with van der Waals surface area (Å²) in [4.78, 5) is 17.3. The Hall–Kier alpha value is -2.58. The minimum absolute atomic E-state index is 0. The van der Waals surface area contributed by atoms with Crippen LogP contribution in [0.3, 0.4) is 0 Å². The van der Waals surface area contributed by atoms with E-state index in [1.807, 2.05) is 9.80 Å². The maximum atomic E-state index is 14.0. The van der Waals surface area contributed by atoms with Gasteiger partial charge in [0.1, 0.15) is 11.6 Å². The highest BCUT2D eigenvalue weighted by Crippen LogP contribution is 2.23. The molecule has 1 aromatic heterocycles. The molecule has 0 spiro atoms. The van der Waals surface area contributed by atoms with E-state index in [-0.39, 0.29) is 48.2 Å².